The molecular weight excluding hydrogens is 538 g/mol. The lowest BCUT2D eigenvalue weighted by atomic mass is 9.77. The van der Waals surface area contributed by atoms with E-state index < -0.39 is 40.9 Å². The summed E-state index contributed by atoms with van der Waals surface area (Å²) < 4.78 is 88.3. The average molecular weight is 565 g/mol. The van der Waals surface area contributed by atoms with Crippen molar-refractivity contribution in [2.45, 2.75) is 81.2 Å². The summed E-state index contributed by atoms with van der Waals surface area (Å²) in [6.45, 7) is 3.23. The van der Waals surface area contributed by atoms with Crippen LogP contribution in [0.15, 0.2) is 23.8 Å². The van der Waals surface area contributed by atoms with Gasteiger partial charge in [-0.3, -0.25) is 0 Å². The van der Waals surface area contributed by atoms with Gasteiger partial charge in [0, 0.05) is 36.0 Å². The monoisotopic (exact) mass is 564 g/mol. The van der Waals surface area contributed by atoms with Crippen molar-refractivity contribution in [2.24, 2.45) is 0 Å². The quantitative estimate of drug-likeness (QED) is 0.377. The van der Waals surface area contributed by atoms with Crippen molar-refractivity contribution in [1.82, 2.24) is 19.9 Å². The zero-order valence-corrected chi connectivity index (χ0v) is 21.2. The third-order valence-electron chi connectivity index (χ3n) is 7.08. The Morgan fingerprint density at radius 2 is 1.82 bits per heavy atom. The Morgan fingerprint density at radius 3 is 2.42 bits per heavy atom. The molecule has 0 spiro atoms. The highest BCUT2D eigenvalue weighted by Gasteiger charge is 2.44. The number of nitrogens with zero attached hydrogens (tertiary/aromatic N) is 3. The Balaban J connectivity index is 1.36. The van der Waals surface area contributed by atoms with Crippen LogP contribution in [0.5, 0.6) is 5.75 Å². The molecule has 5 rings (SSSR count). The van der Waals surface area contributed by atoms with Gasteiger partial charge in [-0.15, -0.1) is 11.3 Å². The summed E-state index contributed by atoms with van der Waals surface area (Å²) in [5.74, 6) is -0.0761. The Bertz CT molecular complexity index is 1330. The highest BCUT2D eigenvalue weighted by Crippen LogP contribution is 2.45. The van der Waals surface area contributed by atoms with Gasteiger partial charge in [0.1, 0.15) is 23.0 Å². The van der Waals surface area contributed by atoms with E-state index >= 15 is 0 Å². The highest BCUT2D eigenvalue weighted by atomic mass is 32.1. The van der Waals surface area contributed by atoms with Gasteiger partial charge >= 0.3 is 12.4 Å². The van der Waals surface area contributed by atoms with Gasteiger partial charge < -0.3 is 24.8 Å². The fourth-order valence-corrected chi connectivity index (χ4v) is 6.43. The van der Waals surface area contributed by atoms with E-state index in [0.29, 0.717) is 24.2 Å². The molecule has 3 N–H and O–H groups in total. The molecule has 2 fully saturated rings. The van der Waals surface area contributed by atoms with E-state index in [4.69, 9.17) is 4.74 Å². The third-order valence-corrected chi connectivity index (χ3v) is 8.12. The zero-order chi connectivity index (χ0) is 27.7. The van der Waals surface area contributed by atoms with Crippen LogP contribution in [0.1, 0.15) is 61.8 Å². The van der Waals surface area contributed by atoms with E-state index in [0.717, 1.165) is 11.4 Å². The third kappa shape index (κ3) is 5.23. The normalized spacial score (nSPS) is 30.4. The molecule has 0 amide bonds. The molecule has 2 aromatic heterocycles. The van der Waals surface area contributed by atoms with Crippen molar-refractivity contribution in [1.29, 1.82) is 0 Å². The molecule has 0 bridgehead atoms. The first-order chi connectivity index (χ1) is 17.5. The Morgan fingerprint density at radius 1 is 1.11 bits per heavy atom. The number of halogens is 6. The van der Waals surface area contributed by atoms with E-state index in [9.17, 15) is 36.6 Å². The molecule has 1 aliphatic carbocycles. The first-order valence-electron chi connectivity index (χ1n) is 12.0. The van der Waals surface area contributed by atoms with Crippen LogP contribution in [0, 0.1) is 0 Å². The minimum atomic E-state index is -4.69. The fourth-order valence-electron chi connectivity index (χ4n) is 5.49. The van der Waals surface area contributed by atoms with Crippen LogP contribution in [-0.2, 0) is 18.0 Å². The molecule has 1 saturated heterocycles. The van der Waals surface area contributed by atoms with Crippen LogP contribution in [0.2, 0.25) is 0 Å². The molecule has 1 saturated carbocycles. The number of imidazole rings is 1. The molecule has 208 valence electrons. The molecule has 1 aromatic carbocycles. The number of benzene rings is 1. The van der Waals surface area contributed by atoms with Crippen LogP contribution in [0.25, 0.3) is 11.0 Å². The van der Waals surface area contributed by atoms with Gasteiger partial charge in [0.15, 0.2) is 5.69 Å². The van der Waals surface area contributed by atoms with Crippen molar-refractivity contribution in [3.63, 3.8) is 0 Å². The molecule has 14 heteroatoms. The second-order valence-corrected chi connectivity index (χ2v) is 11.5. The van der Waals surface area contributed by atoms with Gasteiger partial charge in [-0.2, -0.15) is 26.3 Å². The molecule has 38 heavy (non-hydrogen) atoms. The van der Waals surface area contributed by atoms with Crippen LogP contribution < -0.4 is 10.1 Å². The number of piperidine rings is 1. The average Bonchev–Trinajstić information content (AvgIpc) is 3.42. The van der Waals surface area contributed by atoms with Crippen molar-refractivity contribution < 1.29 is 41.3 Å². The lowest BCUT2D eigenvalue weighted by Crippen LogP contribution is -2.53. The molecule has 2 aliphatic rings. The smallest absolute Gasteiger partial charge is 0.434 e. The lowest BCUT2D eigenvalue weighted by molar-refractivity contribution is -0.141. The van der Waals surface area contributed by atoms with Gasteiger partial charge in [0.05, 0.1) is 28.5 Å². The van der Waals surface area contributed by atoms with E-state index in [2.05, 4.69) is 15.3 Å². The summed E-state index contributed by atoms with van der Waals surface area (Å²) >= 11 is 0.716. The summed E-state index contributed by atoms with van der Waals surface area (Å²) in [5.41, 5.74) is -4.57. The number of rotatable bonds is 5. The Hall–Kier alpha value is -2.42. The van der Waals surface area contributed by atoms with Crippen molar-refractivity contribution in [3.8, 4) is 5.75 Å². The Kier molecular flexibility index (Phi) is 6.48. The predicted molar refractivity (Wildman–Crippen MR) is 126 cm³/mol. The molecule has 1 aliphatic heterocycles. The van der Waals surface area contributed by atoms with Crippen LogP contribution in [-0.4, -0.2) is 49.0 Å². The summed E-state index contributed by atoms with van der Waals surface area (Å²) in [7, 11) is 0. The molecule has 7 nitrogen and oxygen atoms in total. The predicted octanol–water partition coefficient (Wildman–Crippen LogP) is 5.02. The van der Waals surface area contributed by atoms with Gasteiger partial charge in [0.2, 0.25) is 0 Å². The van der Waals surface area contributed by atoms with E-state index in [-0.39, 0.29) is 53.3 Å². The second-order valence-electron chi connectivity index (χ2n) is 10.6. The number of alkyl halides is 6. The molecule has 0 radical (unpaired) electrons. The minimum absolute atomic E-state index is 0.0350. The Labute approximate surface area is 217 Å². The SMILES string of the molecule is CC1CC(O)(c2nc(C(F)(F)F)cs2)CC(COc2cc(C(F)(F)F)c3c(c2)ncn3C2CC(C)(O)C2)N1. The summed E-state index contributed by atoms with van der Waals surface area (Å²) in [6, 6.07) is 1.10. The van der Waals surface area contributed by atoms with Gasteiger partial charge in [-0.1, -0.05) is 0 Å². The van der Waals surface area contributed by atoms with Gasteiger partial charge in [-0.05, 0) is 39.2 Å². The summed E-state index contributed by atoms with van der Waals surface area (Å²) in [6.07, 6.45) is -7.29. The van der Waals surface area contributed by atoms with E-state index in [1.807, 2.05) is 0 Å². The van der Waals surface area contributed by atoms with Crippen molar-refractivity contribution in [2.75, 3.05) is 6.61 Å². The molecule has 3 unspecified atom stereocenters. The molecule has 3 atom stereocenters. The van der Waals surface area contributed by atoms with Crippen LogP contribution >= 0.6 is 11.3 Å². The molecule has 3 aromatic rings. The zero-order valence-electron chi connectivity index (χ0n) is 20.4. The number of nitrogens with one attached hydrogen (secondary N) is 1. The number of aromatic nitrogens is 3. The van der Waals surface area contributed by atoms with Gasteiger partial charge in [-0.25, -0.2) is 9.97 Å². The number of aliphatic hydroxyl groups is 2. The largest absolute Gasteiger partial charge is 0.492 e. The maximum absolute atomic E-state index is 14.0. The number of thiazole rings is 1. The highest BCUT2D eigenvalue weighted by molar-refractivity contribution is 7.09. The summed E-state index contributed by atoms with van der Waals surface area (Å²) in [5, 5.41) is 25.2. The molecular formula is C24H26F6N4O3S. The van der Waals surface area contributed by atoms with Gasteiger partial charge in [0.25, 0.3) is 0 Å². The lowest BCUT2D eigenvalue weighted by Gasteiger charge is -2.41. The van der Waals surface area contributed by atoms with E-state index in [1.54, 1.807) is 13.8 Å². The molecule has 3 heterocycles. The summed E-state index contributed by atoms with van der Waals surface area (Å²) in [4.78, 5) is 7.74. The number of hydrogen-bond acceptors (Lipinski definition) is 7. The number of ether oxygens (including phenoxy) is 1. The van der Waals surface area contributed by atoms with E-state index in [1.165, 1.54) is 17.0 Å². The minimum Gasteiger partial charge on any atom is -0.492 e. The van der Waals surface area contributed by atoms with Crippen molar-refractivity contribution in [3.05, 3.63) is 40.1 Å². The van der Waals surface area contributed by atoms with Crippen molar-refractivity contribution >= 4 is 22.4 Å². The standard InChI is InChI=1S/C24H26F6N4O3S/c1-12-5-22(36,20-33-18(10-38-20)24(28,29)30)6-13(32-12)9-37-15-3-16(23(25,26)27)19-17(4-15)31-11-34(19)14-7-21(2,35)8-14/h3-4,10-14,32,35-36H,5-9H2,1-2H3. The number of hydrogen-bond donors (Lipinski definition) is 3. The first kappa shape index (κ1) is 27.2. The topological polar surface area (TPSA) is 92.4 Å². The van der Waals surface area contributed by atoms with Crippen LogP contribution in [0.3, 0.4) is 0 Å². The first-order valence-corrected chi connectivity index (χ1v) is 12.9. The fraction of sp³-hybridized carbons (Fsp3) is 0.583. The maximum atomic E-state index is 14.0. The maximum Gasteiger partial charge on any atom is 0.434 e. The van der Waals surface area contributed by atoms with Crippen LogP contribution in [0.4, 0.5) is 26.3 Å². The number of fused-ring (bicyclic) bond motifs is 1. The second kappa shape index (κ2) is 9.07.